The molecule has 4 nitrogen and oxygen atoms in total. The Morgan fingerprint density at radius 1 is 1.33 bits per heavy atom. The van der Waals surface area contributed by atoms with E-state index in [0.717, 1.165) is 4.90 Å². The van der Waals surface area contributed by atoms with Crippen LogP contribution in [0.2, 0.25) is 10.0 Å². The predicted molar refractivity (Wildman–Crippen MR) is 70.4 cm³/mol. The monoisotopic (exact) mass is 284 g/mol. The van der Waals surface area contributed by atoms with E-state index in [4.69, 9.17) is 23.2 Å². The van der Waals surface area contributed by atoms with E-state index in [-0.39, 0.29) is 11.6 Å². The number of imide groups is 1. The van der Waals surface area contributed by atoms with Gasteiger partial charge in [0.05, 0.1) is 0 Å². The van der Waals surface area contributed by atoms with E-state index >= 15 is 0 Å². The van der Waals surface area contributed by atoms with Crippen LogP contribution in [0.25, 0.3) is 6.08 Å². The van der Waals surface area contributed by atoms with Crippen LogP contribution in [0.4, 0.5) is 4.79 Å². The summed E-state index contributed by atoms with van der Waals surface area (Å²) in [5, 5.41) is 3.44. The number of nitrogens with one attached hydrogen (secondary N) is 1. The summed E-state index contributed by atoms with van der Waals surface area (Å²) in [5.41, 5.74) is 0.841. The van der Waals surface area contributed by atoms with Crippen LogP contribution in [-0.4, -0.2) is 23.4 Å². The fourth-order valence-electron chi connectivity index (χ4n) is 1.63. The van der Waals surface area contributed by atoms with Crippen molar-refractivity contribution >= 4 is 41.2 Å². The Morgan fingerprint density at radius 3 is 2.61 bits per heavy atom. The maximum absolute atomic E-state index is 11.8. The summed E-state index contributed by atoms with van der Waals surface area (Å²) in [4.78, 5) is 24.4. The normalized spacial score (nSPS) is 17.5. The molecule has 1 aromatic carbocycles. The van der Waals surface area contributed by atoms with Crippen molar-refractivity contribution in [2.45, 2.75) is 6.92 Å². The molecule has 1 saturated heterocycles. The first-order valence-electron chi connectivity index (χ1n) is 5.32. The van der Waals surface area contributed by atoms with Crippen molar-refractivity contribution in [3.05, 3.63) is 39.5 Å². The molecule has 1 fully saturated rings. The molecule has 0 saturated carbocycles. The zero-order valence-corrected chi connectivity index (χ0v) is 11.0. The number of hydrogen-bond donors (Lipinski definition) is 1. The lowest BCUT2D eigenvalue weighted by Gasteiger charge is -2.06. The van der Waals surface area contributed by atoms with E-state index in [9.17, 15) is 9.59 Å². The summed E-state index contributed by atoms with van der Waals surface area (Å²) in [6.07, 6.45) is 1.54. The number of carbonyl (C=O) groups is 2. The van der Waals surface area contributed by atoms with Gasteiger partial charge in [-0.05, 0) is 30.7 Å². The highest BCUT2D eigenvalue weighted by Gasteiger charge is 2.32. The Bertz CT molecular complexity index is 555. The van der Waals surface area contributed by atoms with Crippen LogP contribution < -0.4 is 5.32 Å². The highest BCUT2D eigenvalue weighted by Crippen LogP contribution is 2.24. The third-order valence-corrected chi connectivity index (χ3v) is 3.10. The Hall–Kier alpha value is -1.52. The summed E-state index contributed by atoms with van der Waals surface area (Å²) in [5.74, 6) is -0.353. The third-order valence-electron chi connectivity index (χ3n) is 2.54. The molecule has 3 amide bonds. The minimum atomic E-state index is -0.418. The number of rotatable bonds is 2. The number of hydrogen-bond acceptors (Lipinski definition) is 2. The van der Waals surface area contributed by atoms with Crippen LogP contribution in [-0.2, 0) is 4.79 Å². The highest BCUT2D eigenvalue weighted by molar-refractivity contribution is 6.35. The number of nitrogens with zero attached hydrogens (tertiary/aromatic N) is 1. The number of benzene rings is 1. The predicted octanol–water partition coefficient (Wildman–Crippen LogP) is 2.91. The van der Waals surface area contributed by atoms with Crippen molar-refractivity contribution in [3.63, 3.8) is 0 Å². The minimum Gasteiger partial charge on any atom is -0.303 e. The van der Waals surface area contributed by atoms with Crippen molar-refractivity contribution in [1.82, 2.24) is 10.2 Å². The Labute approximate surface area is 114 Å². The van der Waals surface area contributed by atoms with Crippen LogP contribution in [0.3, 0.4) is 0 Å². The Balaban J connectivity index is 2.35. The Kier molecular flexibility index (Phi) is 3.59. The van der Waals surface area contributed by atoms with Crippen molar-refractivity contribution in [2.75, 3.05) is 6.54 Å². The van der Waals surface area contributed by atoms with Gasteiger partial charge in [0.15, 0.2) is 0 Å². The van der Waals surface area contributed by atoms with Crippen molar-refractivity contribution in [2.24, 2.45) is 0 Å². The molecule has 1 N–H and O–H groups in total. The molecule has 2 rings (SSSR count). The lowest BCUT2D eigenvalue weighted by atomic mass is 10.2. The van der Waals surface area contributed by atoms with Gasteiger partial charge in [0, 0.05) is 16.6 Å². The molecule has 1 aromatic rings. The first-order chi connectivity index (χ1) is 8.52. The maximum Gasteiger partial charge on any atom is 0.328 e. The van der Waals surface area contributed by atoms with E-state index < -0.39 is 6.03 Å². The van der Waals surface area contributed by atoms with Crippen LogP contribution in [0.1, 0.15) is 12.5 Å². The minimum absolute atomic E-state index is 0.214. The van der Waals surface area contributed by atoms with Gasteiger partial charge in [-0.3, -0.25) is 9.69 Å². The van der Waals surface area contributed by atoms with Crippen LogP contribution in [0.5, 0.6) is 0 Å². The number of carbonyl (C=O) groups excluding carboxylic acids is 2. The lowest BCUT2D eigenvalue weighted by Crippen LogP contribution is -2.30. The van der Waals surface area contributed by atoms with Crippen LogP contribution in [0.15, 0.2) is 23.9 Å². The van der Waals surface area contributed by atoms with Crippen molar-refractivity contribution < 1.29 is 9.59 Å². The molecule has 1 heterocycles. The van der Waals surface area contributed by atoms with Gasteiger partial charge in [-0.25, -0.2) is 4.79 Å². The largest absolute Gasteiger partial charge is 0.328 e. The summed E-state index contributed by atoms with van der Waals surface area (Å²) in [6, 6.07) is 4.51. The van der Waals surface area contributed by atoms with E-state index in [1.807, 2.05) is 0 Å². The van der Waals surface area contributed by atoms with Gasteiger partial charge in [0.25, 0.3) is 5.91 Å². The number of amides is 3. The SMILES string of the molecule is CCN1C(=O)N/C(=C/c2ccc(Cl)cc2Cl)C1=O. The molecule has 0 aromatic heterocycles. The summed E-state index contributed by atoms with van der Waals surface area (Å²) < 4.78 is 0. The molecule has 18 heavy (non-hydrogen) atoms. The molecule has 6 heteroatoms. The van der Waals surface area contributed by atoms with E-state index in [0.29, 0.717) is 22.2 Å². The lowest BCUT2D eigenvalue weighted by molar-refractivity contribution is -0.122. The van der Waals surface area contributed by atoms with Gasteiger partial charge >= 0.3 is 6.03 Å². The maximum atomic E-state index is 11.8. The molecular weight excluding hydrogens is 275 g/mol. The highest BCUT2D eigenvalue weighted by atomic mass is 35.5. The quantitative estimate of drug-likeness (QED) is 0.671. The first kappa shape index (κ1) is 12.9. The summed E-state index contributed by atoms with van der Waals surface area (Å²) >= 11 is 11.8. The second-order valence-electron chi connectivity index (χ2n) is 3.70. The average molecular weight is 285 g/mol. The molecule has 0 radical (unpaired) electrons. The first-order valence-corrected chi connectivity index (χ1v) is 6.08. The smallest absolute Gasteiger partial charge is 0.303 e. The second kappa shape index (κ2) is 5.00. The molecule has 0 spiro atoms. The zero-order chi connectivity index (χ0) is 13.3. The second-order valence-corrected chi connectivity index (χ2v) is 4.55. The summed E-state index contributed by atoms with van der Waals surface area (Å²) in [7, 11) is 0. The molecule has 1 aliphatic rings. The number of urea groups is 1. The fraction of sp³-hybridized carbons (Fsp3) is 0.167. The molecule has 94 valence electrons. The molecule has 0 unspecified atom stereocenters. The standard InChI is InChI=1S/C12H10Cl2N2O2/c1-2-16-11(17)10(15-12(16)18)5-7-3-4-8(13)6-9(7)14/h3-6H,2H2,1H3,(H,15,18)/b10-5+. The van der Waals surface area contributed by atoms with Gasteiger partial charge in [0.1, 0.15) is 5.70 Å². The molecule has 0 bridgehead atoms. The van der Waals surface area contributed by atoms with Gasteiger partial charge in [-0.1, -0.05) is 29.3 Å². The van der Waals surface area contributed by atoms with E-state index in [1.54, 1.807) is 25.1 Å². The third kappa shape index (κ3) is 2.35. The van der Waals surface area contributed by atoms with Crippen LogP contribution >= 0.6 is 23.2 Å². The molecule has 0 atom stereocenters. The van der Waals surface area contributed by atoms with Gasteiger partial charge in [-0.15, -0.1) is 0 Å². The molecule has 0 aliphatic carbocycles. The van der Waals surface area contributed by atoms with E-state index in [2.05, 4.69) is 5.32 Å². The fourth-order valence-corrected chi connectivity index (χ4v) is 2.10. The number of likely N-dealkylation sites (N-methyl/N-ethyl adjacent to an activating group) is 1. The Morgan fingerprint density at radius 2 is 2.06 bits per heavy atom. The zero-order valence-electron chi connectivity index (χ0n) is 9.54. The topological polar surface area (TPSA) is 49.4 Å². The van der Waals surface area contributed by atoms with Crippen molar-refractivity contribution in [3.8, 4) is 0 Å². The van der Waals surface area contributed by atoms with E-state index in [1.165, 1.54) is 6.08 Å². The van der Waals surface area contributed by atoms with Gasteiger partial charge in [0.2, 0.25) is 0 Å². The van der Waals surface area contributed by atoms with Crippen LogP contribution in [0, 0.1) is 0 Å². The summed E-state index contributed by atoms with van der Waals surface area (Å²) in [6.45, 7) is 2.06. The van der Waals surface area contributed by atoms with Crippen molar-refractivity contribution in [1.29, 1.82) is 0 Å². The number of halogens is 2. The molecule has 1 aliphatic heterocycles. The average Bonchev–Trinajstić information content (AvgIpc) is 2.58. The van der Waals surface area contributed by atoms with Gasteiger partial charge in [-0.2, -0.15) is 0 Å². The molecular formula is C12H10Cl2N2O2. The van der Waals surface area contributed by atoms with Gasteiger partial charge < -0.3 is 5.32 Å².